The van der Waals surface area contributed by atoms with Gasteiger partial charge in [0.15, 0.2) is 0 Å². The van der Waals surface area contributed by atoms with Gasteiger partial charge in [-0.1, -0.05) is 31.9 Å². The van der Waals surface area contributed by atoms with Crippen molar-refractivity contribution < 1.29 is 4.79 Å². The maximum absolute atomic E-state index is 11.4. The predicted molar refractivity (Wildman–Crippen MR) is 70.0 cm³/mol. The van der Waals surface area contributed by atoms with Crippen LogP contribution >= 0.6 is 11.6 Å². The smallest absolute Gasteiger partial charge is 0.240 e. The lowest BCUT2D eigenvalue weighted by Gasteiger charge is -2.22. The molecule has 0 aromatic carbocycles. The predicted octanol–water partition coefficient (Wildman–Crippen LogP) is 1.92. The summed E-state index contributed by atoms with van der Waals surface area (Å²) < 4.78 is 0. The van der Waals surface area contributed by atoms with E-state index in [0.29, 0.717) is 16.4 Å². The number of aromatic nitrogens is 1. The summed E-state index contributed by atoms with van der Waals surface area (Å²) in [6.45, 7) is 3.89. The molecule has 0 unspecified atom stereocenters. The third-order valence-electron chi connectivity index (χ3n) is 2.78. The highest BCUT2D eigenvalue weighted by molar-refractivity contribution is 6.33. The number of carbonyl (C=O) groups excluding carboxylic acids is 1. The molecule has 0 fully saturated rings. The SMILES string of the molecule is CC[C@@H](C)[C@@H](Nc1ncc(C#N)cc1Cl)C(N)=O. The summed E-state index contributed by atoms with van der Waals surface area (Å²) in [7, 11) is 0. The molecular weight excluding hydrogens is 252 g/mol. The van der Waals surface area contributed by atoms with Gasteiger partial charge in [-0.2, -0.15) is 5.26 Å². The average molecular weight is 267 g/mol. The number of anilines is 1. The van der Waals surface area contributed by atoms with E-state index in [2.05, 4.69) is 10.3 Å². The quantitative estimate of drug-likeness (QED) is 0.852. The number of hydrogen-bond acceptors (Lipinski definition) is 4. The van der Waals surface area contributed by atoms with Gasteiger partial charge in [-0.15, -0.1) is 0 Å². The molecule has 0 spiro atoms. The first-order chi connectivity index (χ1) is 8.49. The molecule has 96 valence electrons. The molecule has 18 heavy (non-hydrogen) atoms. The van der Waals surface area contributed by atoms with E-state index in [1.165, 1.54) is 12.3 Å². The zero-order chi connectivity index (χ0) is 13.7. The van der Waals surface area contributed by atoms with E-state index in [9.17, 15) is 4.79 Å². The first-order valence-electron chi connectivity index (χ1n) is 5.61. The zero-order valence-electron chi connectivity index (χ0n) is 10.3. The number of primary amides is 1. The normalized spacial score (nSPS) is 13.4. The minimum atomic E-state index is -0.534. The lowest BCUT2D eigenvalue weighted by Crippen LogP contribution is -2.40. The summed E-state index contributed by atoms with van der Waals surface area (Å²) in [6, 6.07) is 2.90. The molecule has 0 bridgehead atoms. The summed E-state index contributed by atoms with van der Waals surface area (Å²) in [5, 5.41) is 11.9. The van der Waals surface area contributed by atoms with Gasteiger partial charge in [-0.05, 0) is 12.0 Å². The second-order valence-electron chi connectivity index (χ2n) is 4.08. The highest BCUT2D eigenvalue weighted by atomic mass is 35.5. The minimum absolute atomic E-state index is 0.0658. The molecule has 1 aromatic heterocycles. The first kappa shape index (κ1) is 14.3. The molecule has 0 radical (unpaired) electrons. The molecule has 0 aliphatic rings. The van der Waals surface area contributed by atoms with Crippen LogP contribution in [0.25, 0.3) is 0 Å². The number of carbonyl (C=O) groups is 1. The molecule has 0 aliphatic carbocycles. The molecule has 0 saturated heterocycles. The number of halogens is 1. The Balaban J connectivity index is 2.95. The largest absolute Gasteiger partial charge is 0.368 e. The highest BCUT2D eigenvalue weighted by Crippen LogP contribution is 2.22. The van der Waals surface area contributed by atoms with E-state index >= 15 is 0 Å². The first-order valence-corrected chi connectivity index (χ1v) is 5.98. The fourth-order valence-corrected chi connectivity index (χ4v) is 1.70. The van der Waals surface area contributed by atoms with Crippen molar-refractivity contribution in [1.29, 1.82) is 5.26 Å². The summed E-state index contributed by atoms with van der Waals surface area (Å²) >= 11 is 5.98. The van der Waals surface area contributed by atoms with E-state index in [1.54, 1.807) is 0 Å². The topological polar surface area (TPSA) is 91.8 Å². The maximum atomic E-state index is 11.4. The Morgan fingerprint density at radius 1 is 1.72 bits per heavy atom. The molecule has 0 aliphatic heterocycles. The minimum Gasteiger partial charge on any atom is -0.368 e. The molecule has 1 aromatic rings. The van der Waals surface area contributed by atoms with Gasteiger partial charge in [0.25, 0.3) is 0 Å². The second-order valence-corrected chi connectivity index (χ2v) is 4.48. The van der Waals surface area contributed by atoms with Crippen molar-refractivity contribution in [2.24, 2.45) is 11.7 Å². The monoisotopic (exact) mass is 266 g/mol. The number of hydrogen-bond donors (Lipinski definition) is 2. The zero-order valence-corrected chi connectivity index (χ0v) is 11.0. The lowest BCUT2D eigenvalue weighted by molar-refractivity contribution is -0.119. The molecule has 1 heterocycles. The van der Waals surface area contributed by atoms with E-state index in [-0.39, 0.29) is 5.92 Å². The van der Waals surface area contributed by atoms with Crippen LogP contribution in [0.2, 0.25) is 5.02 Å². The Kier molecular flexibility index (Phi) is 4.93. The fourth-order valence-electron chi connectivity index (χ4n) is 1.48. The van der Waals surface area contributed by atoms with E-state index < -0.39 is 11.9 Å². The second kappa shape index (κ2) is 6.22. The Morgan fingerprint density at radius 2 is 2.39 bits per heavy atom. The van der Waals surface area contributed by atoms with Gasteiger partial charge in [-0.25, -0.2) is 4.98 Å². The van der Waals surface area contributed by atoms with Crippen LogP contribution in [0.4, 0.5) is 5.82 Å². The van der Waals surface area contributed by atoms with E-state index in [0.717, 1.165) is 6.42 Å². The van der Waals surface area contributed by atoms with Gasteiger partial charge < -0.3 is 11.1 Å². The average Bonchev–Trinajstić information content (AvgIpc) is 2.35. The number of amides is 1. The van der Waals surface area contributed by atoms with Crippen LogP contribution in [-0.4, -0.2) is 16.9 Å². The third-order valence-corrected chi connectivity index (χ3v) is 3.07. The van der Waals surface area contributed by atoms with Gasteiger partial charge in [-0.3, -0.25) is 4.79 Å². The lowest BCUT2D eigenvalue weighted by atomic mass is 9.98. The van der Waals surface area contributed by atoms with Crippen LogP contribution in [0.15, 0.2) is 12.3 Å². The Labute approximate surface area is 111 Å². The Morgan fingerprint density at radius 3 is 2.83 bits per heavy atom. The number of nitrogens with one attached hydrogen (secondary N) is 1. The molecule has 2 atom stereocenters. The summed E-state index contributed by atoms with van der Waals surface area (Å²) in [4.78, 5) is 15.4. The third kappa shape index (κ3) is 3.34. The number of nitriles is 1. The van der Waals surface area contributed by atoms with Crippen molar-refractivity contribution >= 4 is 23.3 Å². The Bertz CT molecular complexity index is 483. The van der Waals surface area contributed by atoms with Crippen molar-refractivity contribution in [3.8, 4) is 6.07 Å². The van der Waals surface area contributed by atoms with Crippen molar-refractivity contribution in [3.63, 3.8) is 0 Å². The standard InChI is InChI=1S/C12H15ClN4O/c1-3-7(2)10(11(15)18)17-12-9(13)4-8(5-14)6-16-12/h4,6-7,10H,3H2,1-2H3,(H2,15,18)(H,16,17)/t7-,10-/m1/s1. The van der Waals surface area contributed by atoms with Gasteiger partial charge in [0.2, 0.25) is 5.91 Å². The number of nitrogens with zero attached hydrogens (tertiary/aromatic N) is 2. The van der Waals surface area contributed by atoms with Gasteiger partial charge in [0, 0.05) is 6.20 Å². The van der Waals surface area contributed by atoms with E-state index in [1.807, 2.05) is 19.9 Å². The van der Waals surface area contributed by atoms with Crippen molar-refractivity contribution in [3.05, 3.63) is 22.8 Å². The molecule has 1 amide bonds. The number of pyridine rings is 1. The summed E-state index contributed by atoms with van der Waals surface area (Å²) in [6.07, 6.45) is 2.19. The fraction of sp³-hybridized carbons (Fsp3) is 0.417. The maximum Gasteiger partial charge on any atom is 0.240 e. The van der Waals surface area contributed by atoms with Gasteiger partial charge in [0.1, 0.15) is 17.9 Å². The van der Waals surface area contributed by atoms with Crippen LogP contribution in [0.3, 0.4) is 0 Å². The van der Waals surface area contributed by atoms with Crippen molar-refractivity contribution in [2.75, 3.05) is 5.32 Å². The van der Waals surface area contributed by atoms with Crippen LogP contribution < -0.4 is 11.1 Å². The van der Waals surface area contributed by atoms with Crippen LogP contribution in [0.1, 0.15) is 25.8 Å². The summed E-state index contributed by atoms with van der Waals surface area (Å²) in [5.41, 5.74) is 5.71. The molecule has 5 nitrogen and oxygen atoms in total. The molecule has 0 saturated carbocycles. The summed E-state index contributed by atoms with van der Waals surface area (Å²) in [5.74, 6) is -0.0256. The molecule has 6 heteroatoms. The number of rotatable bonds is 5. The van der Waals surface area contributed by atoms with Gasteiger partial charge in [0.05, 0.1) is 10.6 Å². The van der Waals surface area contributed by atoms with Crippen LogP contribution in [0.5, 0.6) is 0 Å². The van der Waals surface area contributed by atoms with Crippen molar-refractivity contribution in [2.45, 2.75) is 26.3 Å². The molecule has 1 rings (SSSR count). The Hall–Kier alpha value is -1.80. The van der Waals surface area contributed by atoms with Gasteiger partial charge >= 0.3 is 0 Å². The molecular formula is C12H15ClN4O. The molecule has 3 N–H and O–H groups in total. The van der Waals surface area contributed by atoms with E-state index in [4.69, 9.17) is 22.6 Å². The van der Waals surface area contributed by atoms with Crippen LogP contribution in [-0.2, 0) is 4.79 Å². The number of nitrogens with two attached hydrogens (primary N) is 1. The highest BCUT2D eigenvalue weighted by Gasteiger charge is 2.22. The van der Waals surface area contributed by atoms with Crippen molar-refractivity contribution in [1.82, 2.24) is 4.98 Å². The van der Waals surface area contributed by atoms with Crippen LogP contribution in [0, 0.1) is 17.2 Å².